The Morgan fingerprint density at radius 2 is 2.29 bits per heavy atom. The number of carbonyl (C=O) groups excluding carboxylic acids is 1. The van der Waals surface area contributed by atoms with Crippen LogP contribution in [0.3, 0.4) is 0 Å². The number of nitrogens with zero attached hydrogens (tertiary/aromatic N) is 2. The van der Waals surface area contributed by atoms with Crippen LogP contribution in [-0.2, 0) is 0 Å². The number of hydrogen-bond donors (Lipinski definition) is 0. The van der Waals surface area contributed by atoms with Crippen LogP contribution in [0.5, 0.6) is 0 Å². The van der Waals surface area contributed by atoms with Crippen LogP contribution in [0, 0.1) is 0 Å². The van der Waals surface area contributed by atoms with Crippen molar-refractivity contribution in [2.75, 3.05) is 0 Å². The van der Waals surface area contributed by atoms with Gasteiger partial charge in [-0.25, -0.2) is 4.98 Å². The zero-order valence-corrected chi connectivity index (χ0v) is 7.84. The molecule has 70 valence electrons. The molecule has 0 spiro atoms. The van der Waals surface area contributed by atoms with Crippen LogP contribution in [-0.4, -0.2) is 15.3 Å². The summed E-state index contributed by atoms with van der Waals surface area (Å²) in [5.74, 6) is 0.0759. The topological polar surface area (TPSA) is 34.9 Å². The van der Waals surface area contributed by atoms with E-state index in [4.69, 9.17) is 0 Å². The van der Waals surface area contributed by atoms with E-state index in [-0.39, 0.29) is 5.78 Å². The van der Waals surface area contributed by atoms with E-state index in [2.05, 4.69) is 4.98 Å². The molecule has 0 aliphatic heterocycles. The summed E-state index contributed by atoms with van der Waals surface area (Å²) in [7, 11) is 0. The maximum absolute atomic E-state index is 11.1. The Morgan fingerprint density at radius 3 is 2.93 bits per heavy atom. The molecule has 0 saturated carbocycles. The zero-order chi connectivity index (χ0) is 9.97. The standard InChI is InChI=1S/C11H10N2O/c1-9(14)10-3-2-4-11(7-10)13-6-5-12-8-13/h2-8H,1H3. The van der Waals surface area contributed by atoms with Crippen LogP contribution in [0.4, 0.5) is 0 Å². The van der Waals surface area contributed by atoms with Gasteiger partial charge in [0.05, 0.1) is 6.33 Å². The Bertz CT molecular complexity index is 446. The third-order valence-electron chi connectivity index (χ3n) is 2.06. The predicted octanol–water partition coefficient (Wildman–Crippen LogP) is 2.07. The quantitative estimate of drug-likeness (QED) is 0.673. The van der Waals surface area contributed by atoms with Gasteiger partial charge in [0.25, 0.3) is 0 Å². The Kier molecular flexibility index (Phi) is 2.14. The summed E-state index contributed by atoms with van der Waals surface area (Å²) < 4.78 is 1.87. The van der Waals surface area contributed by atoms with Crippen molar-refractivity contribution in [3.63, 3.8) is 0 Å². The molecule has 3 heteroatoms. The largest absolute Gasteiger partial charge is 0.306 e. The van der Waals surface area contributed by atoms with Gasteiger partial charge in [-0.1, -0.05) is 12.1 Å². The molecule has 14 heavy (non-hydrogen) atoms. The summed E-state index contributed by atoms with van der Waals surface area (Å²) in [4.78, 5) is 15.1. The lowest BCUT2D eigenvalue weighted by atomic mass is 10.1. The first kappa shape index (κ1) is 8.69. The lowest BCUT2D eigenvalue weighted by molar-refractivity contribution is 0.101. The summed E-state index contributed by atoms with van der Waals surface area (Å²) in [6, 6.07) is 7.47. The van der Waals surface area contributed by atoms with Gasteiger partial charge in [0.15, 0.2) is 5.78 Å². The van der Waals surface area contributed by atoms with Crippen LogP contribution in [0.2, 0.25) is 0 Å². The molecule has 0 saturated heterocycles. The molecule has 0 fully saturated rings. The number of hydrogen-bond acceptors (Lipinski definition) is 2. The minimum absolute atomic E-state index is 0.0759. The molecule has 0 N–H and O–H groups in total. The zero-order valence-electron chi connectivity index (χ0n) is 7.84. The van der Waals surface area contributed by atoms with Gasteiger partial charge >= 0.3 is 0 Å². The van der Waals surface area contributed by atoms with Gasteiger partial charge in [-0.2, -0.15) is 0 Å². The molecule has 0 bridgehead atoms. The van der Waals surface area contributed by atoms with Crippen molar-refractivity contribution in [1.82, 2.24) is 9.55 Å². The highest BCUT2D eigenvalue weighted by atomic mass is 16.1. The van der Waals surface area contributed by atoms with Crippen LogP contribution in [0.15, 0.2) is 43.0 Å². The van der Waals surface area contributed by atoms with E-state index in [0.29, 0.717) is 0 Å². The molecule has 2 aromatic rings. The molecule has 0 amide bonds. The third kappa shape index (κ3) is 1.57. The Labute approximate surface area is 82.0 Å². The lowest BCUT2D eigenvalue weighted by Gasteiger charge is -2.02. The highest BCUT2D eigenvalue weighted by Gasteiger charge is 2.00. The van der Waals surface area contributed by atoms with Crippen molar-refractivity contribution in [3.8, 4) is 5.69 Å². The monoisotopic (exact) mass is 186 g/mol. The van der Waals surface area contributed by atoms with E-state index >= 15 is 0 Å². The van der Waals surface area contributed by atoms with E-state index in [1.54, 1.807) is 19.4 Å². The molecular formula is C11H10N2O. The van der Waals surface area contributed by atoms with Gasteiger partial charge in [-0.05, 0) is 19.1 Å². The normalized spacial score (nSPS) is 10.1. The maximum atomic E-state index is 11.1. The molecular weight excluding hydrogens is 176 g/mol. The maximum Gasteiger partial charge on any atom is 0.159 e. The van der Waals surface area contributed by atoms with E-state index in [9.17, 15) is 4.79 Å². The van der Waals surface area contributed by atoms with Gasteiger partial charge < -0.3 is 4.57 Å². The fourth-order valence-corrected chi connectivity index (χ4v) is 1.30. The summed E-state index contributed by atoms with van der Waals surface area (Å²) >= 11 is 0. The van der Waals surface area contributed by atoms with E-state index in [1.807, 2.05) is 35.0 Å². The number of rotatable bonds is 2. The summed E-state index contributed by atoms with van der Waals surface area (Å²) in [5, 5.41) is 0. The summed E-state index contributed by atoms with van der Waals surface area (Å²) in [5.41, 5.74) is 1.67. The third-order valence-corrected chi connectivity index (χ3v) is 2.06. The number of aromatic nitrogens is 2. The van der Waals surface area contributed by atoms with Crippen molar-refractivity contribution < 1.29 is 4.79 Å². The molecule has 1 heterocycles. The smallest absolute Gasteiger partial charge is 0.159 e. The molecule has 2 rings (SSSR count). The minimum Gasteiger partial charge on any atom is -0.306 e. The number of ketones is 1. The van der Waals surface area contributed by atoms with Crippen molar-refractivity contribution in [2.24, 2.45) is 0 Å². The predicted molar refractivity (Wildman–Crippen MR) is 53.6 cm³/mol. The fourth-order valence-electron chi connectivity index (χ4n) is 1.30. The molecule has 0 aliphatic carbocycles. The van der Waals surface area contributed by atoms with Crippen LogP contribution in [0.25, 0.3) is 5.69 Å². The van der Waals surface area contributed by atoms with Crippen LogP contribution < -0.4 is 0 Å². The second kappa shape index (κ2) is 3.46. The molecule has 3 nitrogen and oxygen atoms in total. The minimum atomic E-state index is 0.0759. The van der Waals surface area contributed by atoms with E-state index in [1.165, 1.54) is 0 Å². The molecule has 0 radical (unpaired) electrons. The van der Waals surface area contributed by atoms with Crippen LogP contribution in [0.1, 0.15) is 17.3 Å². The molecule has 0 atom stereocenters. The van der Waals surface area contributed by atoms with E-state index < -0.39 is 0 Å². The summed E-state index contributed by atoms with van der Waals surface area (Å²) in [6.07, 6.45) is 5.26. The first-order valence-corrected chi connectivity index (χ1v) is 4.37. The Morgan fingerprint density at radius 1 is 1.43 bits per heavy atom. The van der Waals surface area contributed by atoms with Crippen molar-refractivity contribution >= 4 is 5.78 Å². The second-order valence-corrected chi connectivity index (χ2v) is 3.08. The second-order valence-electron chi connectivity index (χ2n) is 3.08. The Balaban J connectivity index is 2.46. The van der Waals surface area contributed by atoms with Crippen molar-refractivity contribution in [1.29, 1.82) is 0 Å². The van der Waals surface area contributed by atoms with Gasteiger partial charge in [-0.15, -0.1) is 0 Å². The van der Waals surface area contributed by atoms with Crippen LogP contribution >= 0.6 is 0 Å². The molecule has 0 unspecified atom stereocenters. The number of Topliss-reactive ketones (excluding diaryl/α,β-unsaturated/α-hetero) is 1. The number of benzene rings is 1. The fraction of sp³-hybridized carbons (Fsp3) is 0.0909. The lowest BCUT2D eigenvalue weighted by Crippen LogP contribution is -1.95. The van der Waals surface area contributed by atoms with Crippen molar-refractivity contribution in [3.05, 3.63) is 48.5 Å². The molecule has 1 aromatic heterocycles. The highest BCUT2D eigenvalue weighted by molar-refractivity contribution is 5.94. The first-order chi connectivity index (χ1) is 6.77. The van der Waals surface area contributed by atoms with Gasteiger partial charge in [0.2, 0.25) is 0 Å². The molecule has 0 aliphatic rings. The van der Waals surface area contributed by atoms with Gasteiger partial charge in [0.1, 0.15) is 0 Å². The molecule has 1 aromatic carbocycles. The van der Waals surface area contributed by atoms with Crippen molar-refractivity contribution in [2.45, 2.75) is 6.92 Å². The average molecular weight is 186 g/mol. The Hall–Kier alpha value is -1.90. The number of carbonyl (C=O) groups is 1. The first-order valence-electron chi connectivity index (χ1n) is 4.37. The average Bonchev–Trinajstić information content (AvgIpc) is 2.71. The van der Waals surface area contributed by atoms with Gasteiger partial charge in [-0.3, -0.25) is 4.79 Å². The summed E-state index contributed by atoms with van der Waals surface area (Å²) in [6.45, 7) is 1.56. The van der Waals surface area contributed by atoms with Gasteiger partial charge in [0, 0.05) is 23.6 Å². The van der Waals surface area contributed by atoms with E-state index in [0.717, 1.165) is 11.3 Å². The highest BCUT2D eigenvalue weighted by Crippen LogP contribution is 2.10. The SMILES string of the molecule is CC(=O)c1cccc(-n2ccnc2)c1. The number of imidazole rings is 1.